The monoisotopic (exact) mass is 467 g/mol. The molecule has 9 nitrogen and oxygen atoms in total. The number of hydrogen-bond donors (Lipinski definition) is 1. The van der Waals surface area contributed by atoms with Crippen LogP contribution in [0.2, 0.25) is 0 Å². The smallest absolute Gasteiger partial charge is 0.407 e. The SMILES string of the molecule is O=C(c1cc(-c2nccs2)c2oc(N3CC4CCC(C3)N4C(=O)O)nc2c1)N1CCCCC1. The number of piperazine rings is 1. The van der Waals surface area contributed by atoms with Crippen LogP contribution in [0.3, 0.4) is 0 Å². The zero-order valence-corrected chi connectivity index (χ0v) is 19.0. The molecule has 5 heterocycles. The third-order valence-electron chi connectivity index (χ3n) is 7.01. The number of fused-ring (bicyclic) bond motifs is 3. The van der Waals surface area contributed by atoms with Crippen molar-refractivity contribution < 1.29 is 19.1 Å². The Hall–Kier alpha value is -3.14. The quantitative estimate of drug-likeness (QED) is 0.623. The maximum absolute atomic E-state index is 13.2. The van der Waals surface area contributed by atoms with Gasteiger partial charge in [-0.1, -0.05) is 0 Å². The molecule has 33 heavy (non-hydrogen) atoms. The van der Waals surface area contributed by atoms with E-state index in [0.717, 1.165) is 55.8 Å². The molecule has 2 unspecified atom stereocenters. The number of hydrogen-bond acceptors (Lipinski definition) is 7. The molecule has 3 aliphatic rings. The van der Waals surface area contributed by atoms with Gasteiger partial charge in [-0.25, -0.2) is 9.78 Å². The van der Waals surface area contributed by atoms with Gasteiger partial charge in [-0.3, -0.25) is 9.69 Å². The number of carboxylic acid groups (broad SMARTS) is 1. The average Bonchev–Trinajstić information content (AvgIpc) is 3.56. The number of oxazole rings is 1. The Morgan fingerprint density at radius 1 is 1.09 bits per heavy atom. The highest BCUT2D eigenvalue weighted by Gasteiger charge is 2.43. The van der Waals surface area contributed by atoms with Crippen LogP contribution in [-0.2, 0) is 0 Å². The van der Waals surface area contributed by atoms with Gasteiger partial charge < -0.3 is 19.3 Å². The molecule has 3 aliphatic heterocycles. The highest BCUT2D eigenvalue weighted by Crippen LogP contribution is 2.37. The van der Waals surface area contributed by atoms with Gasteiger partial charge in [0.2, 0.25) is 0 Å². The van der Waals surface area contributed by atoms with Crippen molar-refractivity contribution in [3.8, 4) is 10.6 Å². The molecule has 0 spiro atoms. The number of aromatic nitrogens is 2. The van der Waals surface area contributed by atoms with Crippen LogP contribution in [0.5, 0.6) is 0 Å². The van der Waals surface area contributed by atoms with Gasteiger partial charge in [-0.15, -0.1) is 11.3 Å². The minimum atomic E-state index is -0.855. The van der Waals surface area contributed by atoms with Crippen molar-refractivity contribution in [3.63, 3.8) is 0 Å². The first-order valence-corrected chi connectivity index (χ1v) is 12.4. The van der Waals surface area contributed by atoms with E-state index >= 15 is 0 Å². The fraction of sp³-hybridized carbons (Fsp3) is 0.478. The van der Waals surface area contributed by atoms with Gasteiger partial charge in [0.25, 0.3) is 11.9 Å². The number of rotatable bonds is 3. The summed E-state index contributed by atoms with van der Waals surface area (Å²) in [6.07, 6.45) is 5.82. The van der Waals surface area contributed by atoms with Crippen molar-refractivity contribution in [2.45, 2.75) is 44.2 Å². The van der Waals surface area contributed by atoms with E-state index in [0.29, 0.717) is 35.8 Å². The van der Waals surface area contributed by atoms with Crippen molar-refractivity contribution >= 4 is 40.5 Å². The van der Waals surface area contributed by atoms with Crippen molar-refractivity contribution in [2.24, 2.45) is 0 Å². The molecule has 3 aromatic rings. The molecule has 1 aromatic carbocycles. The van der Waals surface area contributed by atoms with Gasteiger partial charge in [0.1, 0.15) is 10.5 Å². The second-order valence-corrected chi connectivity index (χ2v) is 9.93. The molecular formula is C23H25N5O4S. The number of nitrogens with zero attached hydrogens (tertiary/aromatic N) is 5. The molecule has 0 radical (unpaired) electrons. The van der Waals surface area contributed by atoms with Crippen molar-refractivity contribution in [1.82, 2.24) is 19.8 Å². The highest BCUT2D eigenvalue weighted by molar-refractivity contribution is 7.13. The van der Waals surface area contributed by atoms with Gasteiger partial charge in [-0.05, 0) is 44.2 Å². The van der Waals surface area contributed by atoms with Crippen LogP contribution in [0.15, 0.2) is 28.1 Å². The lowest BCUT2D eigenvalue weighted by atomic mass is 10.1. The van der Waals surface area contributed by atoms with Gasteiger partial charge in [0.05, 0.1) is 17.6 Å². The number of amides is 2. The van der Waals surface area contributed by atoms with Gasteiger partial charge in [0.15, 0.2) is 5.58 Å². The molecule has 0 aliphatic carbocycles. The Morgan fingerprint density at radius 2 is 1.85 bits per heavy atom. The Morgan fingerprint density at radius 3 is 2.52 bits per heavy atom. The van der Waals surface area contributed by atoms with E-state index < -0.39 is 6.09 Å². The van der Waals surface area contributed by atoms with Crippen LogP contribution in [-0.4, -0.2) is 75.1 Å². The largest absolute Gasteiger partial charge is 0.465 e. The maximum atomic E-state index is 13.2. The Labute approximate surface area is 194 Å². The molecular weight excluding hydrogens is 442 g/mol. The summed E-state index contributed by atoms with van der Waals surface area (Å²) in [7, 11) is 0. The summed E-state index contributed by atoms with van der Waals surface area (Å²) in [4.78, 5) is 39.6. The van der Waals surface area contributed by atoms with Crippen LogP contribution >= 0.6 is 11.3 Å². The summed E-state index contributed by atoms with van der Waals surface area (Å²) in [5.74, 6) is 0.0204. The van der Waals surface area contributed by atoms with Crippen LogP contribution in [0.25, 0.3) is 21.7 Å². The Kier molecular flexibility index (Phi) is 4.97. The lowest BCUT2D eigenvalue weighted by Gasteiger charge is -2.38. The topological polar surface area (TPSA) is 103 Å². The second kappa shape index (κ2) is 8.02. The first kappa shape index (κ1) is 20.5. The Balaban J connectivity index is 1.38. The summed E-state index contributed by atoms with van der Waals surface area (Å²) in [6, 6.07) is 4.07. The fourth-order valence-electron chi connectivity index (χ4n) is 5.45. The predicted molar refractivity (Wildman–Crippen MR) is 124 cm³/mol. The van der Waals surface area contributed by atoms with E-state index in [-0.39, 0.29) is 18.0 Å². The van der Waals surface area contributed by atoms with Crippen molar-refractivity contribution in [3.05, 3.63) is 29.3 Å². The van der Waals surface area contributed by atoms with E-state index in [1.54, 1.807) is 11.1 Å². The Bertz CT molecular complexity index is 1190. The summed E-state index contributed by atoms with van der Waals surface area (Å²) in [6.45, 7) is 2.68. The first-order chi connectivity index (χ1) is 16.1. The lowest BCUT2D eigenvalue weighted by molar-refractivity contribution is 0.0724. The fourth-order valence-corrected chi connectivity index (χ4v) is 6.10. The molecule has 2 aromatic heterocycles. The number of thiazole rings is 1. The minimum absolute atomic E-state index is 0.0204. The van der Waals surface area contributed by atoms with E-state index in [4.69, 9.17) is 9.40 Å². The maximum Gasteiger partial charge on any atom is 0.407 e. The number of anilines is 1. The number of carbonyl (C=O) groups is 2. The molecule has 172 valence electrons. The molecule has 3 fully saturated rings. The van der Waals surface area contributed by atoms with E-state index in [9.17, 15) is 14.7 Å². The van der Waals surface area contributed by atoms with E-state index in [1.165, 1.54) is 11.3 Å². The van der Waals surface area contributed by atoms with Crippen molar-refractivity contribution in [2.75, 3.05) is 31.1 Å². The van der Waals surface area contributed by atoms with Crippen LogP contribution in [0.4, 0.5) is 10.8 Å². The molecule has 2 bridgehead atoms. The first-order valence-electron chi connectivity index (χ1n) is 11.5. The molecule has 10 heteroatoms. The average molecular weight is 468 g/mol. The standard InChI is InChI=1S/C23H25N5O4S/c29-21(26-7-2-1-3-8-26)14-10-17(20-24-6-9-33-20)19-18(11-14)25-22(32-19)27-12-15-4-5-16(13-27)28(15)23(30)31/h6,9-11,15-16H,1-5,7-8,12-13H2,(H,30,31). The molecule has 3 saturated heterocycles. The van der Waals surface area contributed by atoms with Gasteiger partial charge in [0, 0.05) is 43.3 Å². The van der Waals surface area contributed by atoms with E-state index in [2.05, 4.69) is 4.98 Å². The van der Waals surface area contributed by atoms with Crippen molar-refractivity contribution in [1.29, 1.82) is 0 Å². The zero-order valence-electron chi connectivity index (χ0n) is 18.1. The predicted octanol–water partition coefficient (Wildman–Crippen LogP) is 3.91. The molecule has 0 saturated carbocycles. The summed E-state index contributed by atoms with van der Waals surface area (Å²) >= 11 is 1.50. The third-order valence-corrected chi connectivity index (χ3v) is 7.81. The molecule has 2 atom stereocenters. The number of likely N-dealkylation sites (tertiary alicyclic amines) is 1. The normalized spacial score (nSPS) is 22.8. The second-order valence-electron chi connectivity index (χ2n) is 9.04. The highest BCUT2D eigenvalue weighted by atomic mass is 32.1. The number of benzene rings is 1. The number of carbonyl (C=O) groups excluding carboxylic acids is 1. The minimum Gasteiger partial charge on any atom is -0.465 e. The van der Waals surface area contributed by atoms with Gasteiger partial charge >= 0.3 is 6.09 Å². The number of piperidine rings is 1. The molecule has 6 rings (SSSR count). The summed E-state index contributed by atoms with van der Waals surface area (Å²) < 4.78 is 6.25. The van der Waals surface area contributed by atoms with Gasteiger partial charge in [-0.2, -0.15) is 4.98 Å². The summed E-state index contributed by atoms with van der Waals surface area (Å²) in [5, 5.41) is 12.2. The zero-order chi connectivity index (χ0) is 22.5. The molecule has 1 N–H and O–H groups in total. The summed E-state index contributed by atoms with van der Waals surface area (Å²) in [5.41, 5.74) is 2.62. The van der Waals surface area contributed by atoms with Crippen LogP contribution < -0.4 is 4.90 Å². The molecule has 2 amide bonds. The lowest BCUT2D eigenvalue weighted by Crippen LogP contribution is -2.55. The third kappa shape index (κ3) is 3.52. The van der Waals surface area contributed by atoms with Crippen LogP contribution in [0.1, 0.15) is 42.5 Å². The van der Waals surface area contributed by atoms with E-state index in [1.807, 2.05) is 27.3 Å². The van der Waals surface area contributed by atoms with Crippen LogP contribution in [0, 0.1) is 0 Å².